The van der Waals surface area contributed by atoms with E-state index in [1.807, 2.05) is 18.4 Å². The second-order valence-corrected chi connectivity index (χ2v) is 3.48. The lowest BCUT2D eigenvalue weighted by molar-refractivity contribution is 0.414. The number of benzene rings is 1. The summed E-state index contributed by atoms with van der Waals surface area (Å²) in [7, 11) is 0. The number of aryl methyl sites for hydroxylation is 1. The van der Waals surface area contributed by atoms with E-state index in [0.717, 1.165) is 18.6 Å². The molecule has 0 saturated heterocycles. The van der Waals surface area contributed by atoms with Crippen LogP contribution >= 0.6 is 11.8 Å². The Morgan fingerprint density at radius 2 is 2.17 bits per heavy atom. The summed E-state index contributed by atoms with van der Waals surface area (Å²) in [5.41, 5.74) is 2.15. The Bertz CT molecular complexity index is 203. The smallest absolute Gasteiger partial charge is 0.109 e. The van der Waals surface area contributed by atoms with Crippen LogP contribution in [-0.4, -0.2) is 11.4 Å². The maximum Gasteiger partial charge on any atom is 0.109 e. The highest BCUT2D eigenvalue weighted by Gasteiger charge is 1.98. The molecule has 0 spiro atoms. The van der Waals surface area contributed by atoms with Gasteiger partial charge in [-0.15, -0.1) is 11.8 Å². The summed E-state index contributed by atoms with van der Waals surface area (Å²) < 4.78 is 0. The fraction of sp³-hybridized carbons (Fsp3) is 0.300. The van der Waals surface area contributed by atoms with Crippen LogP contribution < -0.4 is 0 Å². The summed E-state index contributed by atoms with van der Waals surface area (Å²) in [6, 6.07) is 6.13. The van der Waals surface area contributed by atoms with E-state index in [1.165, 1.54) is 10.5 Å². The molecule has 12 heavy (non-hydrogen) atoms. The number of hydrogen-bond acceptors (Lipinski definition) is 2. The molecule has 65 valence electrons. The van der Waals surface area contributed by atoms with Crippen LogP contribution in [0.4, 0.5) is 0 Å². The van der Waals surface area contributed by atoms with E-state index in [1.54, 1.807) is 11.8 Å². The van der Waals surface area contributed by atoms with Crippen LogP contribution in [0.2, 0.25) is 0 Å². The Labute approximate surface area is 77.8 Å². The van der Waals surface area contributed by atoms with Gasteiger partial charge >= 0.3 is 0 Å². The molecule has 0 atom stereocenters. The third kappa shape index (κ3) is 2.26. The van der Waals surface area contributed by atoms with E-state index in [0.29, 0.717) is 0 Å². The standard InChI is InChI=1S/C10H13OS/c1-3-8-4-9(7-11)6-10(5-8)12-2/h4-7,11H,3H2,1-2H3. The van der Waals surface area contributed by atoms with E-state index in [-0.39, 0.29) is 0 Å². The molecule has 0 saturated carbocycles. The van der Waals surface area contributed by atoms with Crippen LogP contribution in [0.25, 0.3) is 0 Å². The van der Waals surface area contributed by atoms with Gasteiger partial charge in [0.2, 0.25) is 0 Å². The Kier molecular flexibility index (Phi) is 3.63. The monoisotopic (exact) mass is 181 g/mol. The van der Waals surface area contributed by atoms with Crippen molar-refractivity contribution in [2.75, 3.05) is 6.26 Å². The minimum atomic E-state index is 0.888. The molecule has 1 radical (unpaired) electrons. The SMILES string of the molecule is CCc1cc([CH]O)cc(SC)c1. The number of hydrogen-bond donors (Lipinski definition) is 1. The molecule has 1 aromatic rings. The Hall–Kier alpha value is -0.470. The fourth-order valence-electron chi connectivity index (χ4n) is 1.08. The highest BCUT2D eigenvalue weighted by molar-refractivity contribution is 7.98. The molecule has 1 nitrogen and oxygen atoms in total. The number of aliphatic hydroxyl groups excluding tert-OH is 1. The summed E-state index contributed by atoms with van der Waals surface area (Å²) in [5.74, 6) is 0. The van der Waals surface area contributed by atoms with E-state index in [2.05, 4.69) is 13.0 Å². The van der Waals surface area contributed by atoms with Crippen LogP contribution in [-0.2, 0) is 6.42 Å². The fourth-order valence-corrected chi connectivity index (χ4v) is 1.61. The van der Waals surface area contributed by atoms with Gasteiger partial charge in [-0.3, -0.25) is 0 Å². The molecule has 0 fully saturated rings. The maximum absolute atomic E-state index is 8.84. The second-order valence-electron chi connectivity index (χ2n) is 2.60. The summed E-state index contributed by atoms with van der Waals surface area (Å²) in [5, 5.41) is 8.84. The third-order valence-corrected chi connectivity index (χ3v) is 2.49. The molecule has 0 heterocycles. The Balaban J connectivity index is 3.01. The lowest BCUT2D eigenvalue weighted by atomic mass is 10.1. The molecule has 2 heteroatoms. The number of thioether (sulfide) groups is 1. The van der Waals surface area contributed by atoms with Crippen molar-refractivity contribution in [3.8, 4) is 0 Å². The van der Waals surface area contributed by atoms with Gasteiger partial charge in [0.15, 0.2) is 0 Å². The van der Waals surface area contributed by atoms with Crippen LogP contribution in [0, 0.1) is 6.61 Å². The second kappa shape index (κ2) is 4.53. The molecule has 0 bridgehead atoms. The summed E-state index contributed by atoms with van der Waals surface area (Å²) in [6.45, 7) is 3.26. The van der Waals surface area contributed by atoms with Crippen molar-refractivity contribution in [1.29, 1.82) is 0 Å². The largest absolute Gasteiger partial charge is 0.385 e. The molecule has 0 aliphatic rings. The van der Waals surface area contributed by atoms with Gasteiger partial charge in [-0.25, -0.2) is 0 Å². The zero-order chi connectivity index (χ0) is 8.97. The first kappa shape index (κ1) is 9.62. The van der Waals surface area contributed by atoms with Crippen LogP contribution in [0.5, 0.6) is 0 Å². The molecule has 0 amide bonds. The van der Waals surface area contributed by atoms with E-state index in [4.69, 9.17) is 5.11 Å². The number of aliphatic hydroxyl groups is 1. The van der Waals surface area contributed by atoms with Gasteiger partial charge in [0.1, 0.15) is 6.61 Å². The van der Waals surface area contributed by atoms with Gasteiger partial charge in [-0.05, 0) is 35.9 Å². The molecule has 0 aliphatic heterocycles. The zero-order valence-electron chi connectivity index (χ0n) is 7.37. The summed E-state index contributed by atoms with van der Waals surface area (Å²) in [4.78, 5) is 1.20. The lowest BCUT2D eigenvalue weighted by Crippen LogP contribution is -1.86. The van der Waals surface area contributed by atoms with E-state index < -0.39 is 0 Å². The van der Waals surface area contributed by atoms with Crippen LogP contribution in [0.3, 0.4) is 0 Å². The lowest BCUT2D eigenvalue weighted by Gasteiger charge is -2.03. The molecule has 0 unspecified atom stereocenters. The van der Waals surface area contributed by atoms with Crippen molar-refractivity contribution >= 4 is 11.8 Å². The zero-order valence-corrected chi connectivity index (χ0v) is 8.19. The van der Waals surface area contributed by atoms with Gasteiger partial charge in [-0.1, -0.05) is 13.0 Å². The minimum absolute atomic E-state index is 0.888. The molecular formula is C10H13OS. The van der Waals surface area contributed by atoms with Crippen molar-refractivity contribution < 1.29 is 5.11 Å². The predicted molar refractivity (Wildman–Crippen MR) is 52.9 cm³/mol. The van der Waals surface area contributed by atoms with Crippen molar-refractivity contribution in [3.05, 3.63) is 35.9 Å². The van der Waals surface area contributed by atoms with Gasteiger partial charge < -0.3 is 5.11 Å². The van der Waals surface area contributed by atoms with Crippen molar-refractivity contribution in [1.82, 2.24) is 0 Å². The van der Waals surface area contributed by atoms with E-state index >= 15 is 0 Å². The topological polar surface area (TPSA) is 20.2 Å². The van der Waals surface area contributed by atoms with Gasteiger partial charge in [0.05, 0.1) is 0 Å². The highest BCUT2D eigenvalue weighted by Crippen LogP contribution is 2.19. The molecule has 0 aliphatic carbocycles. The number of rotatable bonds is 3. The Morgan fingerprint density at radius 1 is 1.42 bits per heavy atom. The first-order valence-corrected chi connectivity index (χ1v) is 5.18. The van der Waals surface area contributed by atoms with Gasteiger partial charge in [0, 0.05) is 4.90 Å². The van der Waals surface area contributed by atoms with Gasteiger partial charge in [-0.2, -0.15) is 0 Å². The average molecular weight is 181 g/mol. The molecular weight excluding hydrogens is 168 g/mol. The molecule has 1 aromatic carbocycles. The maximum atomic E-state index is 8.84. The van der Waals surface area contributed by atoms with Crippen molar-refractivity contribution in [2.45, 2.75) is 18.2 Å². The van der Waals surface area contributed by atoms with Gasteiger partial charge in [0.25, 0.3) is 0 Å². The summed E-state index contributed by atoms with van der Waals surface area (Å²) in [6.07, 6.45) is 3.05. The molecule has 1 N–H and O–H groups in total. The van der Waals surface area contributed by atoms with Crippen molar-refractivity contribution in [2.24, 2.45) is 0 Å². The average Bonchev–Trinajstić information content (AvgIpc) is 2.16. The van der Waals surface area contributed by atoms with Crippen molar-refractivity contribution in [3.63, 3.8) is 0 Å². The predicted octanol–water partition coefficient (Wildman–Crippen LogP) is 2.85. The third-order valence-electron chi connectivity index (χ3n) is 1.78. The minimum Gasteiger partial charge on any atom is -0.385 e. The molecule has 0 aromatic heterocycles. The normalized spacial score (nSPS) is 10.2. The summed E-state index contributed by atoms with van der Waals surface area (Å²) >= 11 is 1.70. The first-order valence-electron chi connectivity index (χ1n) is 3.95. The Morgan fingerprint density at radius 3 is 2.67 bits per heavy atom. The highest BCUT2D eigenvalue weighted by atomic mass is 32.2. The van der Waals surface area contributed by atoms with E-state index in [9.17, 15) is 0 Å². The first-order chi connectivity index (χ1) is 5.80. The van der Waals surface area contributed by atoms with Crippen LogP contribution in [0.1, 0.15) is 18.1 Å². The van der Waals surface area contributed by atoms with Crippen LogP contribution in [0.15, 0.2) is 23.1 Å². The quantitative estimate of drug-likeness (QED) is 0.723. The molecule has 1 rings (SSSR count).